The molecule has 0 saturated carbocycles. The molecule has 1 rings (SSSR count). The molecule has 1 radical (unpaired) electrons. The van der Waals surface area contributed by atoms with E-state index in [0.717, 1.165) is 18.3 Å². The second kappa shape index (κ2) is 3.91. The number of hydrogen-bond donors (Lipinski definition) is 0. The van der Waals surface area contributed by atoms with Crippen molar-refractivity contribution in [1.82, 2.24) is 0 Å². The van der Waals surface area contributed by atoms with E-state index in [1.807, 2.05) is 24.3 Å². The van der Waals surface area contributed by atoms with Crippen LogP contribution >= 0.6 is 0 Å². The van der Waals surface area contributed by atoms with Gasteiger partial charge in [-0.05, 0) is 18.4 Å². The lowest BCUT2D eigenvalue weighted by Gasteiger charge is -1.96. The Balaban J connectivity index is 2.74. The molecule has 0 spiro atoms. The monoisotopic (exact) mass is 147 g/mol. The van der Waals surface area contributed by atoms with E-state index in [0.29, 0.717) is 0 Å². The Bertz CT molecular complexity index is 223. The average molecular weight is 147 g/mol. The minimum atomic E-state index is 0.734. The zero-order valence-electron chi connectivity index (χ0n) is 6.58. The number of carbonyl (C=O) groups is 1. The molecule has 0 aliphatic heterocycles. The summed E-state index contributed by atoms with van der Waals surface area (Å²) >= 11 is 0. The molecular weight excluding hydrogens is 136 g/mol. The van der Waals surface area contributed by atoms with Crippen LogP contribution < -0.4 is 0 Å². The van der Waals surface area contributed by atoms with Gasteiger partial charge in [0.15, 0.2) is 0 Å². The van der Waals surface area contributed by atoms with E-state index in [1.165, 1.54) is 5.56 Å². The van der Waals surface area contributed by atoms with Crippen LogP contribution in [0.1, 0.15) is 29.3 Å². The standard InChI is InChI=1S/C10H11O/c1-2-3-9-4-6-10(8-11)7-5-9/h3-8H,2H2,1H3. The second-order valence-electron chi connectivity index (χ2n) is 2.40. The topological polar surface area (TPSA) is 17.1 Å². The van der Waals surface area contributed by atoms with Crippen molar-refractivity contribution in [3.63, 3.8) is 0 Å². The van der Waals surface area contributed by atoms with Crippen LogP contribution in [0.2, 0.25) is 0 Å². The maximum Gasteiger partial charge on any atom is 0.150 e. The fourth-order valence-electron chi connectivity index (χ4n) is 0.946. The van der Waals surface area contributed by atoms with Gasteiger partial charge in [0.25, 0.3) is 0 Å². The predicted molar refractivity (Wildman–Crippen MR) is 45.5 cm³/mol. The Morgan fingerprint density at radius 1 is 1.18 bits per heavy atom. The Morgan fingerprint density at radius 3 is 2.18 bits per heavy atom. The molecule has 57 valence electrons. The quantitative estimate of drug-likeness (QED) is 0.600. The Labute approximate surface area is 67.1 Å². The first-order chi connectivity index (χ1) is 5.36. The lowest BCUT2D eigenvalue weighted by Crippen LogP contribution is -1.82. The molecule has 0 atom stereocenters. The molecule has 0 unspecified atom stereocenters. The van der Waals surface area contributed by atoms with E-state index in [1.54, 1.807) is 0 Å². The van der Waals surface area contributed by atoms with Gasteiger partial charge in [-0.1, -0.05) is 31.2 Å². The summed E-state index contributed by atoms with van der Waals surface area (Å²) in [5.74, 6) is 0. The fraction of sp³-hybridized carbons (Fsp3) is 0.200. The number of rotatable bonds is 3. The van der Waals surface area contributed by atoms with Crippen LogP contribution in [0.5, 0.6) is 0 Å². The molecule has 0 N–H and O–H groups in total. The van der Waals surface area contributed by atoms with Crippen LogP contribution in [0.25, 0.3) is 0 Å². The molecule has 0 aromatic heterocycles. The first kappa shape index (κ1) is 7.99. The van der Waals surface area contributed by atoms with E-state index >= 15 is 0 Å². The van der Waals surface area contributed by atoms with Gasteiger partial charge in [-0.2, -0.15) is 0 Å². The molecule has 1 aromatic carbocycles. The van der Waals surface area contributed by atoms with Gasteiger partial charge in [-0.25, -0.2) is 0 Å². The molecule has 0 fully saturated rings. The highest BCUT2D eigenvalue weighted by Crippen LogP contribution is 2.06. The van der Waals surface area contributed by atoms with Crippen LogP contribution in [0.15, 0.2) is 24.3 Å². The van der Waals surface area contributed by atoms with Crippen molar-refractivity contribution in [3.05, 3.63) is 41.8 Å². The second-order valence-corrected chi connectivity index (χ2v) is 2.40. The third-order valence-electron chi connectivity index (χ3n) is 1.51. The fourth-order valence-corrected chi connectivity index (χ4v) is 0.946. The minimum absolute atomic E-state index is 0.734. The van der Waals surface area contributed by atoms with Crippen molar-refractivity contribution in [3.8, 4) is 0 Å². The van der Waals surface area contributed by atoms with Gasteiger partial charge in [0.1, 0.15) is 6.29 Å². The third kappa shape index (κ3) is 2.19. The van der Waals surface area contributed by atoms with Gasteiger partial charge in [0.05, 0.1) is 0 Å². The highest BCUT2D eigenvalue weighted by Gasteiger charge is 1.91. The Morgan fingerprint density at radius 2 is 1.73 bits per heavy atom. The Hall–Kier alpha value is -1.11. The molecule has 1 nitrogen and oxygen atoms in total. The van der Waals surface area contributed by atoms with E-state index in [9.17, 15) is 4.79 Å². The molecule has 0 bridgehead atoms. The largest absolute Gasteiger partial charge is 0.298 e. The van der Waals surface area contributed by atoms with Crippen LogP contribution in [-0.2, 0) is 0 Å². The first-order valence-electron chi connectivity index (χ1n) is 3.75. The highest BCUT2D eigenvalue weighted by atomic mass is 16.1. The van der Waals surface area contributed by atoms with Crippen LogP contribution in [0.4, 0.5) is 0 Å². The normalized spacial score (nSPS) is 9.55. The molecule has 0 aliphatic carbocycles. The van der Waals surface area contributed by atoms with Crippen molar-refractivity contribution in [1.29, 1.82) is 0 Å². The summed E-state index contributed by atoms with van der Waals surface area (Å²) in [4.78, 5) is 10.3. The number of benzene rings is 1. The summed E-state index contributed by atoms with van der Waals surface area (Å²) in [6.45, 7) is 2.09. The molecule has 0 amide bonds. The lowest BCUT2D eigenvalue weighted by molar-refractivity contribution is 0.112. The zero-order chi connectivity index (χ0) is 8.10. The third-order valence-corrected chi connectivity index (χ3v) is 1.51. The Kier molecular flexibility index (Phi) is 2.84. The van der Waals surface area contributed by atoms with Gasteiger partial charge in [-0.3, -0.25) is 4.79 Å². The average Bonchev–Trinajstić information content (AvgIpc) is 2.07. The van der Waals surface area contributed by atoms with Gasteiger partial charge in [0.2, 0.25) is 0 Å². The minimum Gasteiger partial charge on any atom is -0.298 e. The van der Waals surface area contributed by atoms with Crippen molar-refractivity contribution in [2.24, 2.45) is 0 Å². The van der Waals surface area contributed by atoms with Crippen LogP contribution in [-0.4, -0.2) is 6.29 Å². The van der Waals surface area contributed by atoms with Gasteiger partial charge in [0, 0.05) is 5.56 Å². The van der Waals surface area contributed by atoms with Crippen molar-refractivity contribution < 1.29 is 4.79 Å². The summed E-state index contributed by atoms with van der Waals surface area (Å²) in [6.07, 6.45) is 4.00. The zero-order valence-corrected chi connectivity index (χ0v) is 6.58. The molecule has 1 heteroatoms. The first-order valence-corrected chi connectivity index (χ1v) is 3.75. The van der Waals surface area contributed by atoms with Crippen LogP contribution in [0, 0.1) is 6.42 Å². The number of carbonyl (C=O) groups excluding carboxylic acids is 1. The maximum atomic E-state index is 10.3. The maximum absolute atomic E-state index is 10.3. The van der Waals surface area contributed by atoms with E-state index < -0.39 is 0 Å². The SMILES string of the molecule is CC[CH]c1ccc(C=O)cc1. The number of hydrogen-bond acceptors (Lipinski definition) is 1. The van der Waals surface area contributed by atoms with Crippen molar-refractivity contribution in [2.45, 2.75) is 13.3 Å². The summed E-state index contributed by atoms with van der Waals surface area (Å²) in [5.41, 5.74) is 1.91. The van der Waals surface area contributed by atoms with E-state index in [-0.39, 0.29) is 0 Å². The number of aldehydes is 1. The summed E-state index contributed by atoms with van der Waals surface area (Å²) < 4.78 is 0. The summed E-state index contributed by atoms with van der Waals surface area (Å²) in [6, 6.07) is 7.56. The smallest absolute Gasteiger partial charge is 0.150 e. The lowest BCUT2D eigenvalue weighted by atomic mass is 10.1. The summed E-state index contributed by atoms with van der Waals surface area (Å²) in [7, 11) is 0. The summed E-state index contributed by atoms with van der Waals surface area (Å²) in [5, 5.41) is 0. The van der Waals surface area contributed by atoms with Gasteiger partial charge in [-0.15, -0.1) is 0 Å². The van der Waals surface area contributed by atoms with E-state index in [2.05, 4.69) is 13.3 Å². The molecule has 0 heterocycles. The van der Waals surface area contributed by atoms with Crippen LogP contribution in [0.3, 0.4) is 0 Å². The van der Waals surface area contributed by atoms with Crippen molar-refractivity contribution >= 4 is 6.29 Å². The molecule has 0 saturated heterocycles. The molecular formula is C10H11O. The predicted octanol–water partition coefficient (Wildman–Crippen LogP) is 2.46. The van der Waals surface area contributed by atoms with E-state index in [4.69, 9.17) is 0 Å². The highest BCUT2D eigenvalue weighted by molar-refractivity contribution is 5.74. The van der Waals surface area contributed by atoms with Crippen molar-refractivity contribution in [2.75, 3.05) is 0 Å². The molecule has 11 heavy (non-hydrogen) atoms. The van der Waals surface area contributed by atoms with Gasteiger partial charge >= 0.3 is 0 Å². The molecule has 0 aliphatic rings. The van der Waals surface area contributed by atoms with Gasteiger partial charge < -0.3 is 0 Å². The molecule has 1 aromatic rings.